The molecule has 0 amide bonds. The summed E-state index contributed by atoms with van der Waals surface area (Å²) >= 11 is 0. The topological polar surface area (TPSA) is 44.3 Å². The van der Waals surface area contributed by atoms with Crippen molar-refractivity contribution in [2.45, 2.75) is 51.2 Å². The number of nitrogens with one attached hydrogen (secondary N) is 2. The maximum Gasteiger partial charge on any atom is 0.0733 e. The summed E-state index contributed by atoms with van der Waals surface area (Å²) in [6.45, 7) is 5.47. The van der Waals surface area contributed by atoms with Gasteiger partial charge in [-0.2, -0.15) is 0 Å². The van der Waals surface area contributed by atoms with Gasteiger partial charge in [0.2, 0.25) is 0 Å². The number of hydrogen-bond acceptors (Lipinski definition) is 3. The smallest absolute Gasteiger partial charge is 0.0733 e. The molecule has 2 fully saturated rings. The summed E-state index contributed by atoms with van der Waals surface area (Å²) in [4.78, 5) is 0. The van der Waals surface area contributed by atoms with Gasteiger partial charge < -0.3 is 15.7 Å². The van der Waals surface area contributed by atoms with Gasteiger partial charge in [-0.1, -0.05) is 13.3 Å². The van der Waals surface area contributed by atoms with E-state index in [1.54, 1.807) is 0 Å². The average Bonchev–Trinajstić information content (AvgIpc) is 2.39. The molecule has 94 valence electrons. The van der Waals surface area contributed by atoms with Gasteiger partial charge in [-0.15, -0.1) is 0 Å². The molecule has 0 radical (unpaired) electrons. The van der Waals surface area contributed by atoms with Gasteiger partial charge in [-0.25, -0.2) is 0 Å². The van der Waals surface area contributed by atoms with E-state index in [-0.39, 0.29) is 6.10 Å². The van der Waals surface area contributed by atoms with Crippen molar-refractivity contribution in [3.05, 3.63) is 0 Å². The number of hydrogen-bond donors (Lipinski definition) is 3. The standard InChI is InChI=1S/C13H26N2O/c1-2-10-5-7-15-12(8-10)13(16)11-4-3-6-14-9-11/h10-16H,2-9H2,1H3. The van der Waals surface area contributed by atoms with Crippen LogP contribution in [0.15, 0.2) is 0 Å². The highest BCUT2D eigenvalue weighted by atomic mass is 16.3. The molecular formula is C13H26N2O. The molecule has 0 saturated carbocycles. The molecule has 2 heterocycles. The number of rotatable bonds is 3. The van der Waals surface area contributed by atoms with Gasteiger partial charge in [0.1, 0.15) is 0 Å². The predicted molar refractivity (Wildman–Crippen MR) is 66.4 cm³/mol. The Labute approximate surface area is 99.0 Å². The minimum atomic E-state index is -0.151. The van der Waals surface area contributed by atoms with E-state index >= 15 is 0 Å². The molecule has 0 spiro atoms. The van der Waals surface area contributed by atoms with E-state index in [0.29, 0.717) is 12.0 Å². The highest BCUT2D eigenvalue weighted by Gasteiger charge is 2.31. The quantitative estimate of drug-likeness (QED) is 0.676. The summed E-state index contributed by atoms with van der Waals surface area (Å²) in [6.07, 6.45) is 5.95. The number of piperidine rings is 2. The highest BCUT2D eigenvalue weighted by Crippen LogP contribution is 2.25. The van der Waals surface area contributed by atoms with E-state index < -0.39 is 0 Å². The molecule has 4 atom stereocenters. The molecule has 3 heteroatoms. The monoisotopic (exact) mass is 226 g/mol. The van der Waals surface area contributed by atoms with Gasteiger partial charge in [-0.3, -0.25) is 0 Å². The summed E-state index contributed by atoms with van der Waals surface area (Å²) in [5.41, 5.74) is 0. The van der Waals surface area contributed by atoms with Crippen LogP contribution >= 0.6 is 0 Å². The molecule has 3 nitrogen and oxygen atoms in total. The minimum absolute atomic E-state index is 0.151. The first kappa shape index (κ1) is 12.3. The van der Waals surface area contributed by atoms with E-state index in [9.17, 15) is 5.11 Å². The van der Waals surface area contributed by atoms with Crippen LogP contribution in [-0.4, -0.2) is 36.9 Å². The van der Waals surface area contributed by atoms with Gasteiger partial charge in [0, 0.05) is 12.6 Å². The van der Waals surface area contributed by atoms with Crippen LogP contribution in [0.4, 0.5) is 0 Å². The van der Waals surface area contributed by atoms with Gasteiger partial charge >= 0.3 is 0 Å². The Morgan fingerprint density at radius 1 is 1.31 bits per heavy atom. The molecule has 0 aromatic heterocycles. The van der Waals surface area contributed by atoms with Gasteiger partial charge in [-0.05, 0) is 50.6 Å². The molecule has 0 bridgehead atoms. The second kappa shape index (κ2) is 5.99. The Morgan fingerprint density at radius 3 is 2.88 bits per heavy atom. The Bertz CT molecular complexity index is 204. The molecule has 2 aliphatic heterocycles. The molecule has 0 aromatic rings. The van der Waals surface area contributed by atoms with Crippen LogP contribution in [0.5, 0.6) is 0 Å². The summed E-state index contributed by atoms with van der Waals surface area (Å²) in [7, 11) is 0. The largest absolute Gasteiger partial charge is 0.391 e. The van der Waals surface area contributed by atoms with Crippen LogP contribution in [0.3, 0.4) is 0 Å². The predicted octanol–water partition coefficient (Wildman–Crippen LogP) is 1.13. The molecule has 0 aliphatic carbocycles. The summed E-state index contributed by atoms with van der Waals surface area (Å²) < 4.78 is 0. The molecule has 2 saturated heterocycles. The second-order valence-corrected chi connectivity index (χ2v) is 5.46. The molecule has 2 aliphatic rings. The third-order valence-corrected chi connectivity index (χ3v) is 4.35. The van der Waals surface area contributed by atoms with Crippen molar-refractivity contribution in [2.24, 2.45) is 11.8 Å². The Hall–Kier alpha value is -0.120. The van der Waals surface area contributed by atoms with Crippen molar-refractivity contribution in [3.63, 3.8) is 0 Å². The Kier molecular flexibility index (Phi) is 4.62. The first-order valence-electron chi connectivity index (χ1n) is 6.93. The average molecular weight is 226 g/mol. The van der Waals surface area contributed by atoms with Crippen LogP contribution in [-0.2, 0) is 0 Å². The Morgan fingerprint density at radius 2 is 2.19 bits per heavy atom. The minimum Gasteiger partial charge on any atom is -0.391 e. The lowest BCUT2D eigenvalue weighted by Crippen LogP contribution is -2.51. The van der Waals surface area contributed by atoms with E-state index in [2.05, 4.69) is 17.6 Å². The zero-order valence-corrected chi connectivity index (χ0v) is 10.4. The number of aliphatic hydroxyl groups excluding tert-OH is 1. The fraction of sp³-hybridized carbons (Fsp3) is 1.00. The second-order valence-electron chi connectivity index (χ2n) is 5.46. The SMILES string of the molecule is CCC1CCNC(C(O)C2CCCNC2)C1. The normalized spacial score (nSPS) is 38.2. The van der Waals surface area contributed by atoms with Crippen molar-refractivity contribution >= 4 is 0 Å². The summed E-state index contributed by atoms with van der Waals surface area (Å²) in [5, 5.41) is 17.3. The zero-order chi connectivity index (χ0) is 11.4. The summed E-state index contributed by atoms with van der Waals surface area (Å²) in [5.74, 6) is 1.28. The lowest BCUT2D eigenvalue weighted by Gasteiger charge is -2.37. The Balaban J connectivity index is 1.84. The van der Waals surface area contributed by atoms with Gasteiger partial charge in [0.05, 0.1) is 6.10 Å². The maximum atomic E-state index is 10.4. The van der Waals surface area contributed by atoms with Crippen molar-refractivity contribution in [1.82, 2.24) is 10.6 Å². The molecule has 0 aromatic carbocycles. The van der Waals surface area contributed by atoms with Crippen LogP contribution in [0.25, 0.3) is 0 Å². The first-order chi connectivity index (χ1) is 7.81. The molecule has 3 N–H and O–H groups in total. The van der Waals surface area contributed by atoms with Crippen LogP contribution in [0.1, 0.15) is 39.0 Å². The summed E-state index contributed by atoms with van der Waals surface area (Å²) in [6, 6.07) is 0.337. The van der Waals surface area contributed by atoms with Crippen LogP contribution in [0, 0.1) is 11.8 Å². The van der Waals surface area contributed by atoms with Crippen molar-refractivity contribution in [2.75, 3.05) is 19.6 Å². The molecule has 2 rings (SSSR count). The lowest BCUT2D eigenvalue weighted by molar-refractivity contribution is 0.0380. The first-order valence-corrected chi connectivity index (χ1v) is 6.93. The molecule has 4 unspecified atom stereocenters. The third kappa shape index (κ3) is 2.96. The fourth-order valence-electron chi connectivity index (χ4n) is 3.16. The zero-order valence-electron chi connectivity index (χ0n) is 10.4. The fourth-order valence-corrected chi connectivity index (χ4v) is 3.16. The van der Waals surface area contributed by atoms with Gasteiger partial charge in [0.15, 0.2) is 0 Å². The lowest BCUT2D eigenvalue weighted by atomic mass is 9.82. The highest BCUT2D eigenvalue weighted by molar-refractivity contribution is 4.88. The van der Waals surface area contributed by atoms with E-state index in [1.807, 2.05) is 0 Å². The van der Waals surface area contributed by atoms with Crippen LogP contribution < -0.4 is 10.6 Å². The van der Waals surface area contributed by atoms with E-state index in [4.69, 9.17) is 0 Å². The molecule has 16 heavy (non-hydrogen) atoms. The molecular weight excluding hydrogens is 200 g/mol. The van der Waals surface area contributed by atoms with Crippen molar-refractivity contribution < 1.29 is 5.11 Å². The van der Waals surface area contributed by atoms with Crippen molar-refractivity contribution in [1.29, 1.82) is 0 Å². The number of aliphatic hydroxyl groups is 1. The van der Waals surface area contributed by atoms with E-state index in [1.165, 1.54) is 25.7 Å². The van der Waals surface area contributed by atoms with Crippen molar-refractivity contribution in [3.8, 4) is 0 Å². The third-order valence-electron chi connectivity index (χ3n) is 4.35. The van der Waals surface area contributed by atoms with Crippen LogP contribution in [0.2, 0.25) is 0 Å². The van der Waals surface area contributed by atoms with E-state index in [0.717, 1.165) is 32.0 Å². The maximum absolute atomic E-state index is 10.4. The van der Waals surface area contributed by atoms with Gasteiger partial charge in [0.25, 0.3) is 0 Å².